The summed E-state index contributed by atoms with van der Waals surface area (Å²) in [5.74, 6) is -0.683. The second-order valence-electron chi connectivity index (χ2n) is 6.80. The molecule has 3 heterocycles. The predicted octanol–water partition coefficient (Wildman–Crippen LogP) is 4.13. The molecule has 2 atom stereocenters. The molecule has 0 fully saturated rings. The molecule has 0 amide bonds. The van der Waals surface area contributed by atoms with Crippen LogP contribution in [0.3, 0.4) is 0 Å². The van der Waals surface area contributed by atoms with E-state index in [1.807, 2.05) is 13.8 Å². The number of hydrogen-bond acceptors (Lipinski definition) is 7. The van der Waals surface area contributed by atoms with Gasteiger partial charge in [0.25, 0.3) is 0 Å². The highest BCUT2D eigenvalue weighted by Crippen LogP contribution is 2.49. The van der Waals surface area contributed by atoms with Gasteiger partial charge in [0.1, 0.15) is 23.7 Å². The van der Waals surface area contributed by atoms with Crippen LogP contribution >= 0.6 is 11.8 Å². The average Bonchev–Trinajstić information content (AvgIpc) is 3.09. The number of aromatic nitrogens is 3. The minimum atomic E-state index is -0.684. The van der Waals surface area contributed by atoms with Gasteiger partial charge in [0.15, 0.2) is 5.17 Å². The SMILES string of the molecule is Cc1oncc1C1(C)CC(c2cc(-c3cncnc3)c(F)cc2F)N=C(N)S1. The number of aliphatic imine (C=N–C) groups is 1. The lowest BCUT2D eigenvalue weighted by atomic mass is 9.89. The molecule has 1 aliphatic rings. The Morgan fingerprint density at radius 3 is 2.61 bits per heavy atom. The van der Waals surface area contributed by atoms with Gasteiger partial charge >= 0.3 is 0 Å². The van der Waals surface area contributed by atoms with Crippen LogP contribution in [0, 0.1) is 18.6 Å². The molecular weight excluding hydrogens is 384 g/mol. The standard InChI is InChI=1S/C19H17F2N5OS/c1-10-14(8-25-27-10)19(2)5-17(26-18(22)28-19)13-3-12(15(20)4-16(13)21)11-6-23-9-24-7-11/h3-4,6-9,17H,5H2,1-2H3,(H2,22,26). The van der Waals surface area contributed by atoms with E-state index in [4.69, 9.17) is 10.3 Å². The fourth-order valence-electron chi connectivity index (χ4n) is 3.50. The van der Waals surface area contributed by atoms with E-state index in [2.05, 4.69) is 20.1 Å². The van der Waals surface area contributed by atoms with Gasteiger partial charge in [-0.15, -0.1) is 0 Å². The van der Waals surface area contributed by atoms with E-state index in [9.17, 15) is 8.78 Å². The van der Waals surface area contributed by atoms with E-state index in [0.717, 1.165) is 11.6 Å². The van der Waals surface area contributed by atoms with Gasteiger partial charge in [-0.1, -0.05) is 16.9 Å². The quantitative estimate of drug-likeness (QED) is 0.710. The van der Waals surface area contributed by atoms with Crippen molar-refractivity contribution in [2.75, 3.05) is 0 Å². The van der Waals surface area contributed by atoms with Crippen molar-refractivity contribution in [1.29, 1.82) is 0 Å². The van der Waals surface area contributed by atoms with E-state index >= 15 is 0 Å². The van der Waals surface area contributed by atoms with Crippen LogP contribution in [0.15, 0.2) is 46.6 Å². The lowest BCUT2D eigenvalue weighted by Gasteiger charge is -2.35. The molecular formula is C19H17F2N5OS. The van der Waals surface area contributed by atoms with E-state index in [-0.39, 0.29) is 11.1 Å². The molecule has 0 aliphatic carbocycles. The summed E-state index contributed by atoms with van der Waals surface area (Å²) in [5, 5.41) is 4.17. The summed E-state index contributed by atoms with van der Waals surface area (Å²) < 4.78 is 33.8. The minimum Gasteiger partial charge on any atom is -0.378 e. The van der Waals surface area contributed by atoms with Crippen molar-refractivity contribution >= 4 is 16.9 Å². The smallest absolute Gasteiger partial charge is 0.155 e. The summed E-state index contributed by atoms with van der Waals surface area (Å²) in [6.45, 7) is 3.80. The van der Waals surface area contributed by atoms with Gasteiger partial charge in [-0.25, -0.2) is 18.7 Å². The fraction of sp³-hybridized carbons (Fsp3) is 0.263. The van der Waals surface area contributed by atoms with E-state index in [1.54, 1.807) is 6.20 Å². The molecule has 0 radical (unpaired) electrons. The van der Waals surface area contributed by atoms with Gasteiger partial charge < -0.3 is 10.3 Å². The Bertz CT molecular complexity index is 1060. The zero-order chi connectivity index (χ0) is 19.9. The second kappa shape index (κ2) is 6.97. The monoisotopic (exact) mass is 401 g/mol. The lowest BCUT2D eigenvalue weighted by molar-refractivity contribution is 0.393. The Kier molecular flexibility index (Phi) is 4.62. The minimum absolute atomic E-state index is 0.215. The molecule has 0 saturated heterocycles. The first-order chi connectivity index (χ1) is 13.4. The van der Waals surface area contributed by atoms with Crippen molar-refractivity contribution in [3.63, 3.8) is 0 Å². The molecule has 0 spiro atoms. The number of aryl methyl sites for hydroxylation is 1. The van der Waals surface area contributed by atoms with Gasteiger partial charge in [-0.3, -0.25) is 4.99 Å². The maximum Gasteiger partial charge on any atom is 0.155 e. The summed E-state index contributed by atoms with van der Waals surface area (Å²) in [7, 11) is 0. The number of nitrogens with two attached hydrogens (primary N) is 1. The first-order valence-corrected chi connectivity index (χ1v) is 9.37. The number of nitrogens with zero attached hydrogens (tertiary/aromatic N) is 4. The molecule has 144 valence electrons. The van der Waals surface area contributed by atoms with Crippen LogP contribution in [0.5, 0.6) is 0 Å². The van der Waals surface area contributed by atoms with Crippen molar-refractivity contribution < 1.29 is 13.3 Å². The highest BCUT2D eigenvalue weighted by atomic mass is 32.2. The van der Waals surface area contributed by atoms with Crippen LogP contribution in [0.1, 0.15) is 36.3 Å². The van der Waals surface area contributed by atoms with Crippen LogP contribution in [-0.4, -0.2) is 20.3 Å². The first kappa shape index (κ1) is 18.5. The molecule has 28 heavy (non-hydrogen) atoms. The molecule has 1 aromatic carbocycles. The number of benzene rings is 1. The molecule has 2 aromatic heterocycles. The van der Waals surface area contributed by atoms with Crippen molar-refractivity contribution in [3.8, 4) is 11.1 Å². The lowest BCUT2D eigenvalue weighted by Crippen LogP contribution is -2.30. The van der Waals surface area contributed by atoms with Crippen LogP contribution in [0.2, 0.25) is 0 Å². The number of amidine groups is 1. The molecule has 4 rings (SSSR count). The predicted molar refractivity (Wildman–Crippen MR) is 103 cm³/mol. The maximum atomic E-state index is 14.7. The zero-order valence-corrected chi connectivity index (χ0v) is 16.0. The third-order valence-corrected chi connectivity index (χ3v) is 5.98. The van der Waals surface area contributed by atoms with E-state index < -0.39 is 22.4 Å². The van der Waals surface area contributed by atoms with Crippen molar-refractivity contribution in [2.45, 2.75) is 31.1 Å². The average molecular weight is 401 g/mol. The third kappa shape index (κ3) is 3.26. The second-order valence-corrected chi connectivity index (χ2v) is 8.32. The number of thioether (sulfide) groups is 1. The summed E-state index contributed by atoms with van der Waals surface area (Å²) in [6, 6.07) is 1.75. The number of hydrogen-bond donors (Lipinski definition) is 1. The number of rotatable bonds is 3. The Labute approximate surface area is 164 Å². The van der Waals surface area contributed by atoms with Crippen molar-refractivity contribution in [3.05, 3.63) is 65.6 Å². The molecule has 1 aliphatic heterocycles. The maximum absolute atomic E-state index is 14.7. The molecule has 3 aromatic rings. The van der Waals surface area contributed by atoms with Gasteiger partial charge in [-0.05, 0) is 26.3 Å². The third-order valence-electron chi connectivity index (χ3n) is 4.83. The van der Waals surface area contributed by atoms with Gasteiger partial charge in [0, 0.05) is 40.7 Å². The molecule has 0 bridgehead atoms. The summed E-state index contributed by atoms with van der Waals surface area (Å²) in [4.78, 5) is 12.2. The molecule has 9 heteroatoms. The molecule has 2 unspecified atom stereocenters. The van der Waals surface area contributed by atoms with Crippen LogP contribution in [0.4, 0.5) is 8.78 Å². The van der Waals surface area contributed by atoms with Gasteiger partial charge in [-0.2, -0.15) is 0 Å². The van der Waals surface area contributed by atoms with Crippen molar-refractivity contribution in [2.24, 2.45) is 10.7 Å². The van der Waals surface area contributed by atoms with Crippen LogP contribution in [0.25, 0.3) is 11.1 Å². The molecule has 0 saturated carbocycles. The molecule has 2 N–H and O–H groups in total. The van der Waals surface area contributed by atoms with Crippen molar-refractivity contribution in [1.82, 2.24) is 15.1 Å². The summed E-state index contributed by atoms with van der Waals surface area (Å²) in [5.41, 5.74) is 7.88. The molecule has 6 nitrogen and oxygen atoms in total. The Balaban J connectivity index is 1.78. The van der Waals surface area contributed by atoms with Crippen LogP contribution < -0.4 is 5.73 Å². The topological polar surface area (TPSA) is 90.2 Å². The summed E-state index contributed by atoms with van der Waals surface area (Å²) >= 11 is 1.38. The van der Waals surface area contributed by atoms with Gasteiger partial charge in [0.05, 0.1) is 17.0 Å². The highest BCUT2D eigenvalue weighted by molar-refractivity contribution is 8.14. The Morgan fingerprint density at radius 2 is 1.93 bits per heavy atom. The Morgan fingerprint density at radius 1 is 1.18 bits per heavy atom. The zero-order valence-electron chi connectivity index (χ0n) is 15.2. The van der Waals surface area contributed by atoms with E-state index in [1.165, 1.54) is 36.5 Å². The largest absolute Gasteiger partial charge is 0.378 e. The Hall–Kier alpha value is -2.81. The highest BCUT2D eigenvalue weighted by Gasteiger charge is 2.39. The summed E-state index contributed by atoms with van der Waals surface area (Å²) in [6.07, 6.45) is 6.40. The van der Waals surface area contributed by atoms with Crippen LogP contribution in [-0.2, 0) is 4.75 Å². The normalized spacial score (nSPS) is 22.1. The van der Waals surface area contributed by atoms with E-state index in [0.29, 0.717) is 22.9 Å². The fourth-order valence-corrected chi connectivity index (χ4v) is 4.69. The first-order valence-electron chi connectivity index (χ1n) is 8.56. The van der Waals surface area contributed by atoms with Gasteiger partial charge in [0.2, 0.25) is 0 Å². The number of halogens is 2.